The Labute approximate surface area is 90.9 Å². The molecule has 0 spiro atoms. The number of hydrogen-bond acceptors (Lipinski definition) is 3. The van der Waals surface area contributed by atoms with Crippen molar-refractivity contribution in [3.05, 3.63) is 0 Å². The summed E-state index contributed by atoms with van der Waals surface area (Å²) in [5.41, 5.74) is 0. The van der Waals surface area contributed by atoms with Gasteiger partial charge in [-0.3, -0.25) is 4.79 Å². The third kappa shape index (κ3) is 4.18. The molecule has 1 rings (SSSR count). The van der Waals surface area contributed by atoms with Crippen molar-refractivity contribution < 1.29 is 15.0 Å². The largest absolute Gasteiger partial charge is 0.396 e. The van der Waals surface area contributed by atoms with Crippen LogP contribution in [0.4, 0.5) is 0 Å². The smallest absolute Gasteiger partial charge is 0.222 e. The summed E-state index contributed by atoms with van der Waals surface area (Å²) in [6.45, 7) is 3.44. The first-order chi connectivity index (χ1) is 7.13. The third-order valence-corrected chi connectivity index (χ3v) is 3.00. The van der Waals surface area contributed by atoms with Crippen molar-refractivity contribution in [2.24, 2.45) is 5.92 Å². The molecule has 4 nitrogen and oxygen atoms in total. The van der Waals surface area contributed by atoms with E-state index in [4.69, 9.17) is 10.2 Å². The van der Waals surface area contributed by atoms with Crippen LogP contribution in [0.1, 0.15) is 32.6 Å². The third-order valence-electron chi connectivity index (χ3n) is 3.00. The van der Waals surface area contributed by atoms with E-state index >= 15 is 0 Å². The number of nitrogens with zero attached hydrogens (tertiary/aromatic N) is 1. The van der Waals surface area contributed by atoms with Crippen LogP contribution < -0.4 is 0 Å². The lowest BCUT2D eigenvalue weighted by Gasteiger charge is -2.31. The first kappa shape index (κ1) is 12.5. The van der Waals surface area contributed by atoms with E-state index in [-0.39, 0.29) is 12.5 Å². The summed E-state index contributed by atoms with van der Waals surface area (Å²) >= 11 is 0. The molecule has 4 heteroatoms. The summed E-state index contributed by atoms with van der Waals surface area (Å²) in [5, 5.41) is 18.0. The molecule has 0 aromatic carbocycles. The molecule has 0 saturated carbocycles. The van der Waals surface area contributed by atoms with Crippen LogP contribution in [0.2, 0.25) is 0 Å². The van der Waals surface area contributed by atoms with Gasteiger partial charge in [0.05, 0.1) is 6.10 Å². The van der Waals surface area contributed by atoms with Gasteiger partial charge in [0.2, 0.25) is 5.91 Å². The van der Waals surface area contributed by atoms with Gasteiger partial charge in [-0.25, -0.2) is 0 Å². The van der Waals surface area contributed by atoms with Crippen LogP contribution in [0.3, 0.4) is 0 Å². The van der Waals surface area contributed by atoms with Gasteiger partial charge in [0.1, 0.15) is 0 Å². The highest BCUT2D eigenvalue weighted by molar-refractivity contribution is 5.76. The second-order valence-electron chi connectivity index (χ2n) is 4.39. The van der Waals surface area contributed by atoms with Gasteiger partial charge in [-0.2, -0.15) is 0 Å². The van der Waals surface area contributed by atoms with E-state index in [9.17, 15) is 4.79 Å². The molecule has 1 heterocycles. The van der Waals surface area contributed by atoms with Crippen molar-refractivity contribution in [1.82, 2.24) is 4.90 Å². The minimum atomic E-state index is -0.399. The number of carbonyl (C=O) groups is 1. The van der Waals surface area contributed by atoms with Gasteiger partial charge in [0.25, 0.3) is 0 Å². The number of aliphatic hydroxyl groups excluding tert-OH is 2. The van der Waals surface area contributed by atoms with Crippen molar-refractivity contribution in [3.8, 4) is 0 Å². The van der Waals surface area contributed by atoms with Crippen LogP contribution in [0.15, 0.2) is 0 Å². The fraction of sp³-hybridized carbons (Fsp3) is 0.909. The molecule has 0 aromatic heterocycles. The van der Waals surface area contributed by atoms with Crippen LogP contribution in [0.5, 0.6) is 0 Å². The van der Waals surface area contributed by atoms with E-state index in [0.717, 1.165) is 25.9 Å². The Hall–Kier alpha value is -0.610. The number of hydrogen-bond donors (Lipinski definition) is 2. The number of carbonyl (C=O) groups excluding carboxylic acids is 1. The fourth-order valence-electron chi connectivity index (χ4n) is 1.86. The summed E-state index contributed by atoms with van der Waals surface area (Å²) in [7, 11) is 0. The van der Waals surface area contributed by atoms with E-state index in [1.54, 1.807) is 6.92 Å². The zero-order valence-corrected chi connectivity index (χ0v) is 9.35. The van der Waals surface area contributed by atoms with Crippen LogP contribution in [-0.2, 0) is 4.79 Å². The average Bonchev–Trinajstić information content (AvgIpc) is 2.26. The first-order valence-corrected chi connectivity index (χ1v) is 5.70. The highest BCUT2D eigenvalue weighted by Crippen LogP contribution is 2.17. The first-order valence-electron chi connectivity index (χ1n) is 5.70. The molecule has 0 aliphatic carbocycles. The Bertz CT molecular complexity index is 198. The van der Waals surface area contributed by atoms with E-state index in [1.807, 2.05) is 4.90 Å². The second kappa shape index (κ2) is 6.08. The van der Waals surface area contributed by atoms with Gasteiger partial charge >= 0.3 is 0 Å². The van der Waals surface area contributed by atoms with Crippen LogP contribution in [0.25, 0.3) is 0 Å². The van der Waals surface area contributed by atoms with Gasteiger partial charge < -0.3 is 15.1 Å². The maximum Gasteiger partial charge on any atom is 0.222 e. The Morgan fingerprint density at radius 2 is 2.07 bits per heavy atom. The Morgan fingerprint density at radius 3 is 2.53 bits per heavy atom. The molecule has 1 aliphatic heterocycles. The predicted octanol–water partition coefficient (Wildman–Crippen LogP) is 0.378. The molecule has 1 atom stereocenters. The van der Waals surface area contributed by atoms with Crippen molar-refractivity contribution in [2.75, 3.05) is 19.7 Å². The molecule has 1 amide bonds. The molecule has 0 bridgehead atoms. The Kier molecular flexibility index (Phi) is 5.05. The molecule has 1 fully saturated rings. The molecular weight excluding hydrogens is 194 g/mol. The van der Waals surface area contributed by atoms with Crippen molar-refractivity contribution in [1.29, 1.82) is 0 Å². The van der Waals surface area contributed by atoms with Crippen LogP contribution in [0, 0.1) is 5.92 Å². The second-order valence-corrected chi connectivity index (χ2v) is 4.39. The van der Waals surface area contributed by atoms with Crippen molar-refractivity contribution >= 4 is 5.91 Å². The maximum atomic E-state index is 11.6. The zero-order valence-electron chi connectivity index (χ0n) is 9.35. The van der Waals surface area contributed by atoms with Crippen LogP contribution in [-0.4, -0.2) is 46.8 Å². The predicted molar refractivity (Wildman–Crippen MR) is 57.3 cm³/mol. The summed E-state index contributed by atoms with van der Waals surface area (Å²) in [4.78, 5) is 13.5. The molecule has 2 N–H and O–H groups in total. The molecule has 1 saturated heterocycles. The summed E-state index contributed by atoms with van der Waals surface area (Å²) < 4.78 is 0. The number of aliphatic hydroxyl groups is 2. The summed E-state index contributed by atoms with van der Waals surface area (Å²) in [6.07, 6.45) is 2.37. The van der Waals surface area contributed by atoms with Gasteiger partial charge in [-0.05, 0) is 32.1 Å². The number of likely N-dealkylation sites (tertiary alicyclic amines) is 1. The molecule has 0 aromatic rings. The molecule has 15 heavy (non-hydrogen) atoms. The van der Waals surface area contributed by atoms with E-state index in [2.05, 4.69) is 0 Å². The minimum Gasteiger partial charge on any atom is -0.396 e. The summed E-state index contributed by atoms with van der Waals surface area (Å²) in [6, 6.07) is 0. The fourth-order valence-corrected chi connectivity index (χ4v) is 1.86. The minimum absolute atomic E-state index is 0.132. The number of rotatable bonds is 4. The Balaban J connectivity index is 2.24. The molecule has 1 unspecified atom stereocenters. The van der Waals surface area contributed by atoms with Crippen molar-refractivity contribution in [2.45, 2.75) is 38.7 Å². The molecule has 1 aliphatic rings. The molecule has 88 valence electrons. The number of piperidine rings is 1. The average molecular weight is 215 g/mol. The monoisotopic (exact) mass is 215 g/mol. The maximum absolute atomic E-state index is 11.6. The quantitative estimate of drug-likeness (QED) is 0.712. The molecular formula is C11H21NO3. The highest BCUT2D eigenvalue weighted by atomic mass is 16.3. The van der Waals surface area contributed by atoms with E-state index < -0.39 is 6.10 Å². The molecule has 0 radical (unpaired) electrons. The van der Waals surface area contributed by atoms with E-state index in [0.29, 0.717) is 18.8 Å². The topological polar surface area (TPSA) is 60.8 Å². The Morgan fingerprint density at radius 1 is 1.47 bits per heavy atom. The SMILES string of the molecule is CC(O)CCC(=O)N1CCC(CO)CC1. The van der Waals surface area contributed by atoms with Gasteiger partial charge in [0, 0.05) is 26.1 Å². The zero-order chi connectivity index (χ0) is 11.3. The lowest BCUT2D eigenvalue weighted by Crippen LogP contribution is -2.39. The van der Waals surface area contributed by atoms with Gasteiger partial charge in [0.15, 0.2) is 0 Å². The van der Waals surface area contributed by atoms with Crippen molar-refractivity contribution in [3.63, 3.8) is 0 Å². The lowest BCUT2D eigenvalue weighted by molar-refractivity contribution is -0.133. The van der Waals surface area contributed by atoms with E-state index in [1.165, 1.54) is 0 Å². The number of amides is 1. The highest BCUT2D eigenvalue weighted by Gasteiger charge is 2.21. The summed E-state index contributed by atoms with van der Waals surface area (Å²) in [5.74, 6) is 0.498. The normalized spacial score (nSPS) is 20.3. The lowest BCUT2D eigenvalue weighted by atomic mass is 9.97. The van der Waals surface area contributed by atoms with Gasteiger partial charge in [-0.15, -0.1) is 0 Å². The van der Waals surface area contributed by atoms with Crippen LogP contribution >= 0.6 is 0 Å². The standard InChI is InChI=1S/C11H21NO3/c1-9(14)2-3-11(15)12-6-4-10(8-13)5-7-12/h9-10,13-14H,2-8H2,1H3. The van der Waals surface area contributed by atoms with Gasteiger partial charge in [-0.1, -0.05) is 0 Å².